The molecule has 0 rings (SSSR count). The average molecular weight is 513 g/mol. The zero-order valence-electron chi connectivity index (χ0n) is 22.7. The summed E-state index contributed by atoms with van der Waals surface area (Å²) in [5, 5.41) is 0. The molecule has 0 unspecified atom stereocenters. The van der Waals surface area contributed by atoms with Crippen molar-refractivity contribution in [2.75, 3.05) is 5.75 Å². The molecule has 0 aromatic rings. The molecule has 0 radical (unpaired) electrons. The van der Waals surface area contributed by atoms with Gasteiger partial charge in [0.25, 0.3) is 0 Å². The summed E-state index contributed by atoms with van der Waals surface area (Å²) in [6.07, 6.45) is 34.8. The van der Waals surface area contributed by atoms with Crippen LogP contribution < -0.4 is 51.4 Å². The first kappa shape index (κ1) is 36.7. The maximum atomic E-state index is 10.5. The molecule has 0 aliphatic carbocycles. The molecule has 5 heteroatoms. The van der Waals surface area contributed by atoms with Crippen LogP contribution >= 0.6 is 0 Å². The van der Waals surface area contributed by atoms with Gasteiger partial charge < -0.3 is 4.55 Å². The van der Waals surface area contributed by atoms with E-state index in [9.17, 15) is 13.0 Å². The van der Waals surface area contributed by atoms with Gasteiger partial charge in [0.15, 0.2) is 0 Å². The second-order valence-electron chi connectivity index (χ2n) is 10.1. The van der Waals surface area contributed by atoms with Crippen molar-refractivity contribution >= 4 is 10.1 Å². The largest absolute Gasteiger partial charge is 1.00 e. The van der Waals surface area contributed by atoms with E-state index < -0.39 is 10.1 Å². The molecular weight excluding hydrogens is 455 g/mol. The van der Waals surface area contributed by atoms with Crippen LogP contribution in [0.3, 0.4) is 0 Å². The van der Waals surface area contributed by atoms with Crippen molar-refractivity contribution in [3.05, 3.63) is 0 Å². The smallest absolute Gasteiger partial charge is 0.748 e. The number of rotatable bonds is 27. The molecule has 0 N–H and O–H groups in total. The Bertz CT molecular complexity index is 454. The van der Waals surface area contributed by atoms with Crippen molar-refractivity contribution in [1.82, 2.24) is 0 Å². The summed E-state index contributed by atoms with van der Waals surface area (Å²) in [6, 6.07) is 0. The van der Waals surface area contributed by atoms with E-state index in [0.717, 1.165) is 12.8 Å². The summed E-state index contributed by atoms with van der Waals surface area (Å²) < 4.78 is 31.5. The van der Waals surface area contributed by atoms with Gasteiger partial charge in [0.2, 0.25) is 0 Å². The summed E-state index contributed by atoms with van der Waals surface area (Å²) in [6.45, 7) is 2.29. The van der Waals surface area contributed by atoms with Gasteiger partial charge >= 0.3 is 51.4 Å². The van der Waals surface area contributed by atoms with Gasteiger partial charge in [-0.25, -0.2) is 8.42 Å². The van der Waals surface area contributed by atoms with Crippen molar-refractivity contribution in [3.63, 3.8) is 0 Å². The van der Waals surface area contributed by atoms with E-state index in [-0.39, 0.29) is 57.1 Å². The van der Waals surface area contributed by atoms with Crippen molar-refractivity contribution in [2.45, 2.75) is 174 Å². The molecule has 0 aromatic heterocycles. The summed E-state index contributed by atoms with van der Waals surface area (Å²) >= 11 is 0. The molecule has 0 saturated carbocycles. The molecule has 0 heterocycles. The maximum Gasteiger partial charge on any atom is 1.00 e. The molecule has 194 valence electrons. The van der Waals surface area contributed by atoms with E-state index in [4.69, 9.17) is 0 Å². The predicted octanol–water partition coefficient (Wildman–Crippen LogP) is 6.70. The fraction of sp³-hybridized carbons (Fsp3) is 1.00. The minimum atomic E-state index is -4.00. The normalized spacial score (nSPS) is 11.6. The van der Waals surface area contributed by atoms with Gasteiger partial charge in [-0.3, -0.25) is 0 Å². The van der Waals surface area contributed by atoms with Crippen LogP contribution in [0.25, 0.3) is 0 Å². The minimum Gasteiger partial charge on any atom is -0.748 e. The minimum absolute atomic E-state index is 0. The molecule has 0 aliphatic heterocycles. The molecule has 33 heavy (non-hydrogen) atoms. The van der Waals surface area contributed by atoms with Gasteiger partial charge in [0.05, 0.1) is 10.1 Å². The van der Waals surface area contributed by atoms with Crippen LogP contribution in [0.1, 0.15) is 174 Å². The van der Waals surface area contributed by atoms with Crippen LogP contribution in [-0.2, 0) is 10.1 Å². The second kappa shape index (κ2) is 29.8. The fourth-order valence-corrected chi connectivity index (χ4v) is 5.15. The first-order valence-corrected chi connectivity index (χ1v) is 16.1. The van der Waals surface area contributed by atoms with Crippen LogP contribution in [0.2, 0.25) is 0 Å². The van der Waals surface area contributed by atoms with E-state index in [1.807, 2.05) is 0 Å². The van der Waals surface area contributed by atoms with Crippen LogP contribution in [0.15, 0.2) is 0 Å². The molecule has 0 bridgehead atoms. The Hall–Kier alpha value is 1.55. The van der Waals surface area contributed by atoms with Crippen molar-refractivity contribution in [1.29, 1.82) is 0 Å². The van der Waals surface area contributed by atoms with Gasteiger partial charge in [-0.2, -0.15) is 0 Å². The van der Waals surface area contributed by atoms with Gasteiger partial charge in [-0.1, -0.05) is 167 Å². The SMILES string of the molecule is CCCCCCCCCCCCCCCCCCCCCCCCCCCCS(=O)(=O)[O-].[K+]. The van der Waals surface area contributed by atoms with E-state index >= 15 is 0 Å². The molecule has 0 saturated heterocycles. The fourth-order valence-electron chi connectivity index (χ4n) is 4.59. The summed E-state index contributed by atoms with van der Waals surface area (Å²) in [7, 11) is -4.00. The Balaban J connectivity index is 0. The predicted molar refractivity (Wildman–Crippen MR) is 140 cm³/mol. The van der Waals surface area contributed by atoms with Gasteiger partial charge in [-0.15, -0.1) is 0 Å². The Morgan fingerprint density at radius 1 is 0.394 bits per heavy atom. The zero-order valence-corrected chi connectivity index (χ0v) is 26.7. The summed E-state index contributed by atoms with van der Waals surface area (Å²) in [5.41, 5.74) is 0. The molecule has 0 fully saturated rings. The van der Waals surface area contributed by atoms with Crippen LogP contribution in [-0.4, -0.2) is 18.7 Å². The summed E-state index contributed by atoms with van der Waals surface area (Å²) in [4.78, 5) is 0. The maximum absolute atomic E-state index is 10.5. The monoisotopic (exact) mass is 512 g/mol. The molecule has 0 amide bonds. The van der Waals surface area contributed by atoms with Crippen molar-refractivity contribution in [3.8, 4) is 0 Å². The third kappa shape index (κ3) is 35.8. The number of hydrogen-bond donors (Lipinski definition) is 0. The average Bonchev–Trinajstić information content (AvgIpc) is 2.75. The van der Waals surface area contributed by atoms with E-state index in [0.29, 0.717) is 6.42 Å². The van der Waals surface area contributed by atoms with Gasteiger partial charge in [-0.05, 0) is 6.42 Å². The first-order valence-electron chi connectivity index (χ1n) is 14.5. The van der Waals surface area contributed by atoms with E-state index in [1.165, 1.54) is 148 Å². The third-order valence-corrected chi connectivity index (χ3v) is 7.54. The molecule has 3 nitrogen and oxygen atoms in total. The number of hydrogen-bond acceptors (Lipinski definition) is 3. The van der Waals surface area contributed by atoms with Crippen molar-refractivity contribution in [2.24, 2.45) is 0 Å². The van der Waals surface area contributed by atoms with Crippen LogP contribution in [0.4, 0.5) is 0 Å². The number of unbranched alkanes of at least 4 members (excludes halogenated alkanes) is 25. The van der Waals surface area contributed by atoms with Gasteiger partial charge in [0, 0.05) is 5.75 Å². The Morgan fingerprint density at radius 2 is 0.576 bits per heavy atom. The van der Waals surface area contributed by atoms with E-state index in [1.54, 1.807) is 0 Å². The standard InChI is InChI=1S/C28H58O3S.K/c1-2-3-4-5-6-7-8-9-10-11-12-13-14-15-16-17-18-19-20-21-22-23-24-25-26-27-28-32(29,30)31;/h2-28H2,1H3,(H,29,30,31);/q;+1/p-1. The molecule has 0 spiro atoms. The topological polar surface area (TPSA) is 57.2 Å². The van der Waals surface area contributed by atoms with Gasteiger partial charge in [0.1, 0.15) is 0 Å². The Morgan fingerprint density at radius 3 is 0.758 bits per heavy atom. The zero-order chi connectivity index (χ0) is 23.6. The van der Waals surface area contributed by atoms with Crippen LogP contribution in [0.5, 0.6) is 0 Å². The molecule has 0 aromatic carbocycles. The molecule has 0 aliphatic rings. The third-order valence-electron chi connectivity index (χ3n) is 6.75. The molecular formula is C28H57KO3S. The molecule has 0 atom stereocenters. The van der Waals surface area contributed by atoms with Crippen molar-refractivity contribution < 1.29 is 64.4 Å². The van der Waals surface area contributed by atoms with E-state index in [2.05, 4.69) is 6.92 Å². The first-order chi connectivity index (χ1) is 15.6. The second-order valence-corrected chi connectivity index (χ2v) is 11.6. The Kier molecular flexibility index (Phi) is 33.1. The Labute approximate surface area is 251 Å². The van der Waals surface area contributed by atoms with Crippen LogP contribution in [0, 0.1) is 0 Å². The quantitative estimate of drug-likeness (QED) is 0.0699. The summed E-state index contributed by atoms with van der Waals surface area (Å²) in [5.74, 6) is -0.188.